The molecular weight excluding hydrogens is 328 g/mol. The maximum atomic E-state index is 13.3. The van der Waals surface area contributed by atoms with Gasteiger partial charge in [-0.15, -0.1) is 0 Å². The lowest BCUT2D eigenvalue weighted by Gasteiger charge is -2.32. The minimum absolute atomic E-state index is 0.0277. The summed E-state index contributed by atoms with van der Waals surface area (Å²) in [4.78, 5) is 35.5. The molecule has 3 unspecified atom stereocenters. The molecule has 2 fully saturated rings. The zero-order chi connectivity index (χ0) is 16.6. The highest BCUT2D eigenvalue weighted by atomic mass is 32.2. The average Bonchev–Trinajstić information content (AvgIpc) is 3.02. The number of hydrogen-bond donors (Lipinski definition) is 0. The molecule has 1 aliphatic carbocycles. The third-order valence-electron chi connectivity index (χ3n) is 5.48. The molecule has 4 heterocycles. The molecule has 24 heavy (non-hydrogen) atoms. The highest BCUT2D eigenvalue weighted by molar-refractivity contribution is 7.85. The quantitative estimate of drug-likeness (QED) is 0.570. The maximum absolute atomic E-state index is 13.3. The number of hydrogen-bond acceptors (Lipinski definition) is 5. The van der Waals surface area contributed by atoms with Gasteiger partial charge in [0.25, 0.3) is 5.56 Å². The molecule has 2 aromatic heterocycles. The number of amides is 1. The fourth-order valence-corrected chi connectivity index (χ4v) is 5.69. The molecule has 7 nitrogen and oxygen atoms in total. The molecule has 1 saturated heterocycles. The van der Waals surface area contributed by atoms with Crippen molar-refractivity contribution in [2.45, 2.75) is 49.1 Å². The monoisotopic (exact) mass is 344 g/mol. The van der Waals surface area contributed by atoms with Crippen molar-refractivity contribution in [2.24, 2.45) is 0 Å². The fraction of sp³-hybridized carbons (Fsp3) is 0.500. The number of nitrogens with zero attached hydrogens (tertiary/aromatic N) is 4. The Morgan fingerprint density at radius 3 is 2.83 bits per heavy atom. The number of carbonyl (C=O) groups is 1. The first-order chi connectivity index (χ1) is 11.6. The topological polar surface area (TPSA) is 85.2 Å². The minimum Gasteiger partial charge on any atom is -0.307 e. The molecule has 124 valence electrons. The Hall–Kier alpha value is -2.09. The van der Waals surface area contributed by atoms with Crippen LogP contribution in [0.3, 0.4) is 0 Å². The molecule has 3 aliphatic rings. The number of fused-ring (bicyclic) bond motifs is 3. The number of anilines is 1. The zero-order valence-corrected chi connectivity index (χ0v) is 14.0. The van der Waals surface area contributed by atoms with Gasteiger partial charge in [0.15, 0.2) is 0 Å². The van der Waals surface area contributed by atoms with Crippen molar-refractivity contribution < 1.29 is 9.00 Å². The van der Waals surface area contributed by atoms with E-state index in [1.54, 1.807) is 15.7 Å². The van der Waals surface area contributed by atoms with Gasteiger partial charge in [0, 0.05) is 24.5 Å². The third kappa shape index (κ3) is 1.64. The predicted molar refractivity (Wildman–Crippen MR) is 88.6 cm³/mol. The van der Waals surface area contributed by atoms with Crippen LogP contribution in [-0.4, -0.2) is 36.4 Å². The number of β-lactam (4-membered cyclic amide) rings is 1. The van der Waals surface area contributed by atoms with Crippen LogP contribution in [0.1, 0.15) is 37.3 Å². The van der Waals surface area contributed by atoms with Crippen molar-refractivity contribution >= 4 is 33.4 Å². The van der Waals surface area contributed by atoms with E-state index in [1.807, 2.05) is 6.92 Å². The van der Waals surface area contributed by atoms with Crippen LogP contribution in [0.5, 0.6) is 0 Å². The van der Waals surface area contributed by atoms with E-state index >= 15 is 0 Å². The Bertz CT molecular complexity index is 999. The number of carbonyl (C=O) groups excluding carboxylic acids is 1. The van der Waals surface area contributed by atoms with E-state index in [9.17, 15) is 13.8 Å². The lowest BCUT2D eigenvalue weighted by molar-refractivity contribution is -0.122. The van der Waals surface area contributed by atoms with Gasteiger partial charge in [-0.25, -0.2) is 9.97 Å². The Kier molecular flexibility index (Phi) is 2.81. The first-order valence-electron chi connectivity index (χ1n) is 8.20. The van der Waals surface area contributed by atoms with Gasteiger partial charge in [-0.2, -0.15) is 0 Å². The van der Waals surface area contributed by atoms with E-state index in [0.717, 1.165) is 30.2 Å². The molecule has 0 radical (unpaired) electrons. The fourth-order valence-electron chi connectivity index (χ4n) is 4.16. The first-order valence-corrected chi connectivity index (χ1v) is 9.42. The van der Waals surface area contributed by atoms with E-state index in [2.05, 4.69) is 9.97 Å². The number of rotatable bonds is 1. The van der Waals surface area contributed by atoms with Crippen LogP contribution < -0.4 is 10.5 Å². The number of aromatic nitrogens is 3. The van der Waals surface area contributed by atoms with Gasteiger partial charge < -0.3 is 4.90 Å². The lowest BCUT2D eigenvalue weighted by Crippen LogP contribution is -2.48. The molecule has 5 rings (SSSR count). The second-order valence-corrected chi connectivity index (χ2v) is 8.23. The van der Waals surface area contributed by atoms with Crippen molar-refractivity contribution in [1.82, 2.24) is 14.5 Å². The molecule has 2 aliphatic heterocycles. The molecule has 3 atom stereocenters. The molecule has 2 bridgehead atoms. The van der Waals surface area contributed by atoms with Crippen LogP contribution in [0.25, 0.3) is 11.0 Å². The number of pyridine rings is 1. The summed E-state index contributed by atoms with van der Waals surface area (Å²) in [5.41, 5.74) is 1.54. The average molecular weight is 344 g/mol. The Labute approximate surface area is 140 Å². The molecular formula is C16H16N4O3S. The summed E-state index contributed by atoms with van der Waals surface area (Å²) in [5, 5.41) is 0.947. The summed E-state index contributed by atoms with van der Waals surface area (Å²) in [7, 11) is -1.30. The summed E-state index contributed by atoms with van der Waals surface area (Å²) in [6.45, 7) is 2.40. The van der Waals surface area contributed by atoms with Crippen molar-refractivity contribution in [2.75, 3.05) is 11.4 Å². The van der Waals surface area contributed by atoms with E-state index in [1.165, 1.54) is 0 Å². The van der Waals surface area contributed by atoms with E-state index in [0.29, 0.717) is 29.5 Å². The van der Waals surface area contributed by atoms with Gasteiger partial charge in [-0.3, -0.25) is 18.4 Å². The number of aryl methyl sites for hydroxylation is 1. The molecule has 1 saturated carbocycles. The van der Waals surface area contributed by atoms with E-state index in [4.69, 9.17) is 0 Å². The maximum Gasteiger partial charge on any atom is 0.276 e. The first kappa shape index (κ1) is 14.3. The zero-order valence-electron chi connectivity index (χ0n) is 13.2. The largest absolute Gasteiger partial charge is 0.307 e. The standard InChI is InChI=1S/C16H16N4O3S/c1-8-9-7-17-16-18-14(9)20(10-3-2-4-11(10)24(16)23)15(22)13(8)19-6-5-12(19)21/h7,10-11H,2-6H2,1H3. The predicted octanol–water partition coefficient (Wildman–Crippen LogP) is 1.05. The summed E-state index contributed by atoms with van der Waals surface area (Å²) >= 11 is 0. The smallest absolute Gasteiger partial charge is 0.276 e. The van der Waals surface area contributed by atoms with Gasteiger partial charge in [-0.1, -0.05) is 6.42 Å². The van der Waals surface area contributed by atoms with Crippen LogP contribution in [0.2, 0.25) is 0 Å². The summed E-state index contributed by atoms with van der Waals surface area (Å²) < 4.78 is 14.5. The third-order valence-corrected chi connectivity index (χ3v) is 7.14. The molecule has 0 aromatic carbocycles. The van der Waals surface area contributed by atoms with Crippen molar-refractivity contribution in [3.63, 3.8) is 0 Å². The molecule has 0 spiro atoms. The van der Waals surface area contributed by atoms with E-state index in [-0.39, 0.29) is 22.8 Å². The summed E-state index contributed by atoms with van der Waals surface area (Å²) in [5.74, 6) is -0.0277. The Morgan fingerprint density at radius 2 is 2.12 bits per heavy atom. The van der Waals surface area contributed by atoms with Crippen molar-refractivity contribution in [3.8, 4) is 0 Å². The normalized spacial score (nSPS) is 28.1. The lowest BCUT2D eigenvalue weighted by atomic mass is 10.1. The van der Waals surface area contributed by atoms with Crippen LogP contribution in [0.4, 0.5) is 5.69 Å². The van der Waals surface area contributed by atoms with Crippen molar-refractivity contribution in [1.29, 1.82) is 0 Å². The SMILES string of the molecule is Cc1c(N2CCC2=O)c(=O)n2c3nc(ncc13)S(=O)C1CCCC12. The van der Waals surface area contributed by atoms with Crippen LogP contribution in [-0.2, 0) is 15.6 Å². The molecule has 0 N–H and O–H groups in total. The van der Waals surface area contributed by atoms with E-state index < -0.39 is 10.8 Å². The molecule has 1 amide bonds. The summed E-state index contributed by atoms with van der Waals surface area (Å²) in [6.07, 6.45) is 4.67. The molecule has 8 heteroatoms. The highest BCUT2D eigenvalue weighted by Gasteiger charge is 2.41. The van der Waals surface area contributed by atoms with Gasteiger partial charge in [0.2, 0.25) is 11.1 Å². The van der Waals surface area contributed by atoms with Crippen LogP contribution >= 0.6 is 0 Å². The minimum atomic E-state index is -1.30. The van der Waals surface area contributed by atoms with Gasteiger partial charge >= 0.3 is 0 Å². The second-order valence-electron chi connectivity index (χ2n) is 6.67. The Morgan fingerprint density at radius 1 is 1.29 bits per heavy atom. The van der Waals surface area contributed by atoms with Gasteiger partial charge in [0.1, 0.15) is 11.3 Å². The Balaban J connectivity index is 1.89. The van der Waals surface area contributed by atoms with Crippen LogP contribution in [0, 0.1) is 6.92 Å². The molecule has 2 aromatic rings. The van der Waals surface area contributed by atoms with Crippen molar-refractivity contribution in [3.05, 3.63) is 22.1 Å². The van der Waals surface area contributed by atoms with Gasteiger partial charge in [-0.05, 0) is 25.3 Å². The van der Waals surface area contributed by atoms with Crippen LogP contribution in [0.15, 0.2) is 16.1 Å². The summed E-state index contributed by atoms with van der Waals surface area (Å²) in [6, 6.07) is -0.134. The van der Waals surface area contributed by atoms with Gasteiger partial charge in [0.05, 0.1) is 22.1 Å². The second kappa shape index (κ2) is 4.72. The highest BCUT2D eigenvalue weighted by Crippen LogP contribution is 2.39.